The van der Waals surface area contributed by atoms with E-state index in [9.17, 15) is 9.59 Å². The predicted octanol–water partition coefficient (Wildman–Crippen LogP) is 5.78. The number of nitrogens with zero attached hydrogens (tertiary/aromatic N) is 1. The summed E-state index contributed by atoms with van der Waals surface area (Å²) in [5, 5.41) is 3.69. The van der Waals surface area contributed by atoms with Crippen LogP contribution in [0.1, 0.15) is 57.7 Å². The van der Waals surface area contributed by atoms with Crippen molar-refractivity contribution in [1.29, 1.82) is 0 Å². The lowest BCUT2D eigenvalue weighted by atomic mass is 9.86. The van der Waals surface area contributed by atoms with Gasteiger partial charge in [-0.1, -0.05) is 74.3 Å². The summed E-state index contributed by atoms with van der Waals surface area (Å²) in [6.45, 7) is 10.9. The lowest BCUT2D eigenvalue weighted by Crippen LogP contribution is -2.47. The highest BCUT2D eigenvalue weighted by atomic mass is 35.5. The normalized spacial score (nSPS) is 12.4. The van der Waals surface area contributed by atoms with Crippen LogP contribution < -0.4 is 5.32 Å². The van der Waals surface area contributed by atoms with E-state index in [0.29, 0.717) is 29.4 Å². The molecule has 1 N–H and O–H groups in total. The van der Waals surface area contributed by atoms with Crippen LogP contribution in [0.4, 0.5) is 0 Å². The van der Waals surface area contributed by atoms with Crippen molar-refractivity contribution < 1.29 is 9.59 Å². The number of rotatable bonds is 8. The molecule has 0 spiro atoms. The topological polar surface area (TPSA) is 49.4 Å². The second kappa shape index (κ2) is 11.0. The van der Waals surface area contributed by atoms with Crippen LogP contribution in [-0.4, -0.2) is 29.3 Å². The van der Waals surface area contributed by atoms with Crippen molar-refractivity contribution in [2.75, 3.05) is 6.54 Å². The molecule has 6 heteroatoms. The van der Waals surface area contributed by atoms with E-state index in [2.05, 4.69) is 50.4 Å². The molecule has 31 heavy (non-hydrogen) atoms. The van der Waals surface area contributed by atoms with Gasteiger partial charge in [0.15, 0.2) is 0 Å². The monoisotopic (exact) mass is 462 g/mol. The van der Waals surface area contributed by atoms with Gasteiger partial charge in [-0.05, 0) is 54.5 Å². The van der Waals surface area contributed by atoms with Gasteiger partial charge in [-0.3, -0.25) is 9.59 Å². The van der Waals surface area contributed by atoms with Gasteiger partial charge in [0.1, 0.15) is 6.04 Å². The number of benzene rings is 2. The molecule has 2 rings (SSSR count). The van der Waals surface area contributed by atoms with Crippen LogP contribution in [0.5, 0.6) is 0 Å². The molecule has 0 radical (unpaired) electrons. The first-order chi connectivity index (χ1) is 14.5. The summed E-state index contributed by atoms with van der Waals surface area (Å²) in [6, 6.07) is 13.0. The zero-order valence-electron chi connectivity index (χ0n) is 19.0. The van der Waals surface area contributed by atoms with E-state index in [4.69, 9.17) is 23.2 Å². The van der Waals surface area contributed by atoms with E-state index in [0.717, 1.165) is 11.1 Å². The molecule has 4 nitrogen and oxygen atoms in total. The summed E-state index contributed by atoms with van der Waals surface area (Å²) in [5.74, 6) is -0.254. The fraction of sp³-hybridized carbons (Fsp3) is 0.440. The van der Waals surface area contributed by atoms with E-state index in [1.54, 1.807) is 24.0 Å². The Balaban J connectivity index is 2.15. The van der Waals surface area contributed by atoms with Crippen molar-refractivity contribution in [2.24, 2.45) is 0 Å². The van der Waals surface area contributed by atoms with Gasteiger partial charge in [0.2, 0.25) is 11.8 Å². The number of nitrogens with one attached hydrogen (secondary N) is 1. The second-order valence-corrected chi connectivity index (χ2v) is 9.60. The maximum atomic E-state index is 13.1. The van der Waals surface area contributed by atoms with Crippen LogP contribution >= 0.6 is 23.2 Å². The molecule has 2 aromatic rings. The molecular weight excluding hydrogens is 431 g/mol. The first-order valence-corrected chi connectivity index (χ1v) is 11.4. The molecule has 0 aliphatic carbocycles. The summed E-state index contributed by atoms with van der Waals surface area (Å²) in [4.78, 5) is 27.2. The molecular formula is C25H32Cl2N2O2. The van der Waals surface area contributed by atoms with Gasteiger partial charge in [-0.2, -0.15) is 0 Å². The first-order valence-electron chi connectivity index (χ1n) is 10.6. The number of carbonyl (C=O) groups excluding carboxylic acids is 2. The van der Waals surface area contributed by atoms with Crippen LogP contribution in [0.2, 0.25) is 10.0 Å². The average molecular weight is 463 g/mol. The fourth-order valence-electron chi connectivity index (χ4n) is 3.31. The van der Waals surface area contributed by atoms with Crippen molar-refractivity contribution in [3.63, 3.8) is 0 Å². The fourth-order valence-corrected chi connectivity index (χ4v) is 3.63. The van der Waals surface area contributed by atoms with E-state index in [1.807, 2.05) is 13.0 Å². The summed E-state index contributed by atoms with van der Waals surface area (Å²) in [7, 11) is 0. The summed E-state index contributed by atoms with van der Waals surface area (Å²) in [6.07, 6.45) is 0.934. The lowest BCUT2D eigenvalue weighted by Gasteiger charge is -2.29. The molecule has 0 saturated carbocycles. The lowest BCUT2D eigenvalue weighted by molar-refractivity contribution is -0.140. The van der Waals surface area contributed by atoms with Gasteiger partial charge >= 0.3 is 0 Å². The van der Waals surface area contributed by atoms with Crippen molar-refractivity contribution in [3.8, 4) is 0 Å². The predicted molar refractivity (Wildman–Crippen MR) is 129 cm³/mol. The van der Waals surface area contributed by atoms with Crippen LogP contribution in [0.25, 0.3) is 0 Å². The number of aryl methyl sites for hydroxylation is 1. The first kappa shape index (κ1) is 25.2. The minimum atomic E-state index is -0.592. The smallest absolute Gasteiger partial charge is 0.242 e. The highest BCUT2D eigenvalue weighted by Gasteiger charge is 2.25. The van der Waals surface area contributed by atoms with Crippen molar-refractivity contribution in [3.05, 3.63) is 69.2 Å². The minimum absolute atomic E-state index is 0.0790. The SMILES string of the molecule is CCNC(=O)[C@@H](C)N(Cc1ccc(Cl)c(Cl)c1)C(=O)CCc1ccc(C(C)(C)C)cc1. The standard InChI is InChI=1S/C25H32Cl2N2O2/c1-6-28-24(31)17(2)29(16-19-9-13-21(26)22(27)15-19)23(30)14-10-18-7-11-20(12-8-18)25(3,4)5/h7-9,11-13,15,17H,6,10,14,16H2,1-5H3,(H,28,31)/t17-/m1/s1. The maximum absolute atomic E-state index is 13.1. The molecule has 1 atom stereocenters. The Hall–Kier alpha value is -2.04. The van der Waals surface area contributed by atoms with Crippen molar-refractivity contribution in [2.45, 2.75) is 65.5 Å². The molecule has 0 aliphatic rings. The van der Waals surface area contributed by atoms with Gasteiger partial charge in [-0.15, -0.1) is 0 Å². The molecule has 0 heterocycles. The number of halogens is 2. The number of hydrogen-bond acceptors (Lipinski definition) is 2. The van der Waals surface area contributed by atoms with Crippen LogP contribution in [0.3, 0.4) is 0 Å². The molecule has 0 bridgehead atoms. The van der Waals surface area contributed by atoms with Crippen LogP contribution in [0.15, 0.2) is 42.5 Å². The zero-order chi connectivity index (χ0) is 23.2. The molecule has 0 saturated heterocycles. The Kier molecular flexibility index (Phi) is 8.96. The van der Waals surface area contributed by atoms with Gasteiger partial charge in [0, 0.05) is 19.5 Å². The van der Waals surface area contributed by atoms with Gasteiger partial charge < -0.3 is 10.2 Å². The van der Waals surface area contributed by atoms with Crippen LogP contribution in [0, 0.1) is 0 Å². The van der Waals surface area contributed by atoms with E-state index in [-0.39, 0.29) is 23.8 Å². The second-order valence-electron chi connectivity index (χ2n) is 8.79. The maximum Gasteiger partial charge on any atom is 0.242 e. The summed E-state index contributed by atoms with van der Waals surface area (Å²) >= 11 is 12.2. The highest BCUT2D eigenvalue weighted by Crippen LogP contribution is 2.25. The molecule has 168 valence electrons. The number of hydrogen-bond donors (Lipinski definition) is 1. The molecule has 0 aromatic heterocycles. The van der Waals surface area contributed by atoms with Gasteiger partial charge in [0.05, 0.1) is 10.0 Å². The minimum Gasteiger partial charge on any atom is -0.355 e. The number of amides is 2. The molecule has 2 amide bonds. The van der Waals surface area contributed by atoms with Crippen molar-refractivity contribution in [1.82, 2.24) is 10.2 Å². The Morgan fingerprint density at radius 3 is 2.16 bits per heavy atom. The van der Waals surface area contributed by atoms with E-state index < -0.39 is 6.04 Å². The van der Waals surface area contributed by atoms with Crippen LogP contribution in [-0.2, 0) is 28.0 Å². The highest BCUT2D eigenvalue weighted by molar-refractivity contribution is 6.42. The zero-order valence-corrected chi connectivity index (χ0v) is 20.5. The molecule has 2 aromatic carbocycles. The third kappa shape index (κ3) is 7.26. The summed E-state index contributed by atoms with van der Waals surface area (Å²) < 4.78 is 0. The Morgan fingerprint density at radius 2 is 1.61 bits per heavy atom. The Bertz CT molecular complexity index is 905. The molecule has 0 unspecified atom stereocenters. The third-order valence-corrected chi connectivity index (χ3v) is 6.04. The van der Waals surface area contributed by atoms with Gasteiger partial charge in [0.25, 0.3) is 0 Å². The van der Waals surface area contributed by atoms with E-state index in [1.165, 1.54) is 5.56 Å². The Labute approximate surface area is 195 Å². The molecule has 0 fully saturated rings. The summed E-state index contributed by atoms with van der Waals surface area (Å²) in [5.41, 5.74) is 3.27. The number of likely N-dealkylation sites (N-methyl/N-ethyl adjacent to an activating group) is 1. The molecule has 0 aliphatic heterocycles. The third-order valence-electron chi connectivity index (χ3n) is 5.30. The largest absolute Gasteiger partial charge is 0.355 e. The quantitative estimate of drug-likeness (QED) is 0.540. The van der Waals surface area contributed by atoms with Gasteiger partial charge in [-0.25, -0.2) is 0 Å². The van der Waals surface area contributed by atoms with Crippen molar-refractivity contribution >= 4 is 35.0 Å². The Morgan fingerprint density at radius 1 is 1.00 bits per heavy atom. The average Bonchev–Trinajstić information content (AvgIpc) is 2.72. The van der Waals surface area contributed by atoms with E-state index >= 15 is 0 Å². The number of carbonyl (C=O) groups is 2.